The van der Waals surface area contributed by atoms with E-state index in [1.165, 1.54) is 6.33 Å². The van der Waals surface area contributed by atoms with Crippen LogP contribution in [0.3, 0.4) is 0 Å². The van der Waals surface area contributed by atoms with Crippen LogP contribution < -0.4 is 14.8 Å². The lowest BCUT2D eigenvalue weighted by atomic mass is 10.1. The van der Waals surface area contributed by atoms with Gasteiger partial charge in [-0.25, -0.2) is 19.6 Å². The summed E-state index contributed by atoms with van der Waals surface area (Å²) in [6.45, 7) is 4.17. The van der Waals surface area contributed by atoms with E-state index >= 15 is 0 Å². The van der Waals surface area contributed by atoms with Crippen LogP contribution in [0, 0.1) is 11.3 Å². The predicted octanol–water partition coefficient (Wildman–Crippen LogP) is 3.83. The first-order chi connectivity index (χ1) is 20.4. The number of aromatic nitrogens is 5. The molecule has 2 aliphatic rings. The van der Waals surface area contributed by atoms with Crippen LogP contribution in [-0.4, -0.2) is 74.1 Å². The average molecular weight is 567 g/mol. The Morgan fingerprint density at radius 1 is 1.17 bits per heavy atom. The number of carbonyl (C=O) groups is 1. The van der Waals surface area contributed by atoms with Crippen molar-refractivity contribution < 1.29 is 19.0 Å². The number of hydrogen-bond acceptors (Lipinski definition) is 10. The van der Waals surface area contributed by atoms with Crippen molar-refractivity contribution in [2.24, 2.45) is 0 Å². The van der Waals surface area contributed by atoms with E-state index in [0.29, 0.717) is 60.5 Å². The molecule has 1 atom stereocenters. The van der Waals surface area contributed by atoms with E-state index in [-0.39, 0.29) is 17.6 Å². The van der Waals surface area contributed by atoms with E-state index in [2.05, 4.69) is 31.4 Å². The van der Waals surface area contributed by atoms with Crippen molar-refractivity contribution in [1.29, 1.82) is 5.26 Å². The van der Waals surface area contributed by atoms with E-state index in [4.69, 9.17) is 14.2 Å². The summed E-state index contributed by atoms with van der Waals surface area (Å²) in [5.41, 5.74) is 3.05. The number of rotatable bonds is 9. The molecule has 1 aliphatic carbocycles. The highest BCUT2D eigenvalue weighted by molar-refractivity contribution is 5.95. The first kappa shape index (κ1) is 27.2. The van der Waals surface area contributed by atoms with Crippen molar-refractivity contribution in [3.8, 4) is 28.7 Å². The standard InChI is InChI=1S/C30H30N8O4/c1-20(16-38-19-32-18-35-38)42-26-11-21(3-4-23(26)13-31)24-14-33-29(34-15-24)36-25-6-5-22(12-27(25)40-2)28(39)37-9-10-41-30(17-37)7-8-30/h3-6,11-12,14-15,18-20H,7-10,16-17H2,1-2H3,(H,33,34,36). The van der Waals surface area contributed by atoms with Crippen molar-refractivity contribution >= 4 is 17.5 Å². The van der Waals surface area contributed by atoms with Crippen molar-refractivity contribution in [3.05, 3.63) is 72.6 Å². The fourth-order valence-corrected chi connectivity index (χ4v) is 4.97. The monoisotopic (exact) mass is 566 g/mol. The lowest BCUT2D eigenvalue weighted by molar-refractivity contribution is -0.0376. The highest BCUT2D eigenvalue weighted by Crippen LogP contribution is 2.42. The van der Waals surface area contributed by atoms with Crippen LogP contribution >= 0.6 is 0 Å². The van der Waals surface area contributed by atoms with Gasteiger partial charge in [0, 0.05) is 30.1 Å². The minimum Gasteiger partial charge on any atom is -0.495 e. The lowest BCUT2D eigenvalue weighted by Crippen LogP contribution is -2.46. The average Bonchev–Trinajstić information content (AvgIpc) is 3.54. The van der Waals surface area contributed by atoms with E-state index in [1.54, 1.807) is 60.8 Å². The minimum absolute atomic E-state index is 0.0337. The third-order valence-electron chi connectivity index (χ3n) is 7.36. The number of ether oxygens (including phenoxy) is 3. The Balaban J connectivity index is 1.14. The highest BCUT2D eigenvalue weighted by Gasteiger charge is 2.48. The number of nitrogens with one attached hydrogen (secondary N) is 1. The van der Waals surface area contributed by atoms with Gasteiger partial charge in [0.1, 0.15) is 36.3 Å². The number of methoxy groups -OCH3 is 1. The maximum Gasteiger partial charge on any atom is 0.254 e. The van der Waals surface area contributed by atoms with Crippen LogP contribution in [0.5, 0.6) is 11.5 Å². The van der Waals surface area contributed by atoms with Gasteiger partial charge in [0.15, 0.2) is 0 Å². The highest BCUT2D eigenvalue weighted by atomic mass is 16.5. The van der Waals surface area contributed by atoms with Gasteiger partial charge in [-0.1, -0.05) is 6.07 Å². The van der Waals surface area contributed by atoms with E-state index in [0.717, 1.165) is 24.0 Å². The maximum atomic E-state index is 13.2. The number of anilines is 2. The van der Waals surface area contributed by atoms with Crippen molar-refractivity contribution in [3.63, 3.8) is 0 Å². The van der Waals surface area contributed by atoms with Crippen molar-refractivity contribution in [1.82, 2.24) is 29.6 Å². The molecule has 2 aromatic carbocycles. The van der Waals surface area contributed by atoms with E-state index in [1.807, 2.05) is 17.9 Å². The first-order valence-electron chi connectivity index (χ1n) is 13.7. The van der Waals surface area contributed by atoms with Gasteiger partial charge in [0.2, 0.25) is 5.95 Å². The predicted molar refractivity (Wildman–Crippen MR) is 152 cm³/mol. The second-order valence-corrected chi connectivity index (χ2v) is 10.5. The zero-order valence-corrected chi connectivity index (χ0v) is 23.4. The molecule has 1 saturated heterocycles. The Morgan fingerprint density at radius 3 is 2.71 bits per heavy atom. The third kappa shape index (κ3) is 5.87. The van der Waals surface area contributed by atoms with E-state index in [9.17, 15) is 10.1 Å². The van der Waals surface area contributed by atoms with Gasteiger partial charge in [0.25, 0.3) is 5.91 Å². The molecule has 1 aliphatic heterocycles. The number of nitriles is 1. The summed E-state index contributed by atoms with van der Waals surface area (Å²) >= 11 is 0. The molecule has 1 spiro atoms. The molecule has 1 unspecified atom stereocenters. The second kappa shape index (κ2) is 11.5. The Hall–Kier alpha value is -5.02. The van der Waals surface area contributed by atoms with Gasteiger partial charge in [-0.3, -0.25) is 4.79 Å². The smallest absolute Gasteiger partial charge is 0.254 e. The van der Waals surface area contributed by atoms with Gasteiger partial charge in [-0.05, 0) is 55.7 Å². The lowest BCUT2D eigenvalue weighted by Gasteiger charge is -2.33. The van der Waals surface area contributed by atoms with E-state index < -0.39 is 0 Å². The van der Waals surface area contributed by atoms with Crippen LogP contribution in [0.1, 0.15) is 35.7 Å². The summed E-state index contributed by atoms with van der Waals surface area (Å²) in [6, 6.07) is 12.8. The Kier molecular flexibility index (Phi) is 7.41. The largest absolute Gasteiger partial charge is 0.495 e. The number of carbonyl (C=O) groups excluding carboxylic acids is 1. The molecule has 2 aromatic heterocycles. The molecule has 0 bridgehead atoms. The van der Waals surface area contributed by atoms with Crippen LogP contribution in [0.4, 0.5) is 11.6 Å². The van der Waals surface area contributed by atoms with Gasteiger partial charge in [-0.2, -0.15) is 10.4 Å². The van der Waals surface area contributed by atoms with Gasteiger partial charge < -0.3 is 24.4 Å². The summed E-state index contributed by atoms with van der Waals surface area (Å²) < 4.78 is 19.2. The molecule has 12 heteroatoms. The topological polar surface area (TPSA) is 140 Å². The van der Waals surface area contributed by atoms with Gasteiger partial charge >= 0.3 is 0 Å². The summed E-state index contributed by atoms with van der Waals surface area (Å²) in [5.74, 6) is 1.31. The molecule has 4 aromatic rings. The van der Waals surface area contributed by atoms with Crippen LogP contribution in [0.15, 0.2) is 61.4 Å². The first-order valence-corrected chi connectivity index (χ1v) is 13.7. The molecular formula is C30H30N8O4. The fourth-order valence-electron chi connectivity index (χ4n) is 4.97. The van der Waals surface area contributed by atoms with Crippen molar-refractivity contribution in [2.45, 2.75) is 38.0 Å². The zero-order chi connectivity index (χ0) is 29.1. The fraction of sp³-hybridized carbons (Fsp3) is 0.333. The Morgan fingerprint density at radius 2 is 2.00 bits per heavy atom. The summed E-state index contributed by atoms with van der Waals surface area (Å²) in [5, 5.41) is 16.9. The maximum absolute atomic E-state index is 13.2. The molecular weight excluding hydrogens is 536 g/mol. The number of morpholine rings is 1. The number of hydrogen-bond donors (Lipinski definition) is 1. The van der Waals surface area contributed by atoms with Gasteiger partial charge in [0.05, 0.1) is 43.7 Å². The molecule has 2 fully saturated rings. The minimum atomic E-state index is -0.239. The normalized spacial score (nSPS) is 16.0. The summed E-state index contributed by atoms with van der Waals surface area (Å²) in [4.78, 5) is 27.9. The third-order valence-corrected chi connectivity index (χ3v) is 7.36. The molecule has 1 amide bonds. The molecule has 0 radical (unpaired) electrons. The molecule has 1 N–H and O–H groups in total. The molecule has 214 valence electrons. The van der Waals surface area contributed by atoms with Crippen LogP contribution in [0.2, 0.25) is 0 Å². The zero-order valence-electron chi connectivity index (χ0n) is 23.4. The summed E-state index contributed by atoms with van der Waals surface area (Å²) in [7, 11) is 1.56. The molecule has 3 heterocycles. The second-order valence-electron chi connectivity index (χ2n) is 10.5. The molecule has 12 nitrogen and oxygen atoms in total. The molecule has 42 heavy (non-hydrogen) atoms. The quantitative estimate of drug-likeness (QED) is 0.318. The molecule has 1 saturated carbocycles. The number of benzene rings is 2. The Labute approximate surface area is 242 Å². The SMILES string of the molecule is COc1cc(C(=O)N2CCOC3(CC3)C2)ccc1Nc1ncc(-c2ccc(C#N)c(OC(C)Cn3cncn3)c2)cn1. The van der Waals surface area contributed by atoms with Crippen molar-refractivity contribution in [2.75, 3.05) is 32.1 Å². The van der Waals surface area contributed by atoms with Crippen LogP contribution in [-0.2, 0) is 11.3 Å². The molecule has 6 rings (SSSR count). The van der Waals surface area contributed by atoms with Crippen LogP contribution in [0.25, 0.3) is 11.1 Å². The number of amides is 1. The van der Waals surface area contributed by atoms with Gasteiger partial charge in [-0.15, -0.1) is 0 Å². The number of nitrogens with zero attached hydrogens (tertiary/aromatic N) is 7. The summed E-state index contributed by atoms with van der Waals surface area (Å²) in [6.07, 6.45) is 8.24. The Bertz CT molecular complexity index is 1610.